The van der Waals surface area contributed by atoms with Gasteiger partial charge in [-0.2, -0.15) is 0 Å². The largest absolute Gasteiger partial charge is 0.448 e. The SMILES string of the molecule is CCCCCCNC(=O)c1coc(C2CCNCC2)n1. The van der Waals surface area contributed by atoms with E-state index in [4.69, 9.17) is 4.42 Å². The van der Waals surface area contributed by atoms with Crippen LogP contribution in [0.4, 0.5) is 0 Å². The van der Waals surface area contributed by atoms with Crippen molar-refractivity contribution >= 4 is 5.91 Å². The average Bonchev–Trinajstić information content (AvgIpc) is 2.98. The van der Waals surface area contributed by atoms with E-state index in [0.29, 0.717) is 24.0 Å². The van der Waals surface area contributed by atoms with Gasteiger partial charge >= 0.3 is 0 Å². The number of piperidine rings is 1. The Morgan fingerprint density at radius 3 is 2.95 bits per heavy atom. The molecule has 1 aromatic rings. The molecule has 1 fully saturated rings. The summed E-state index contributed by atoms with van der Waals surface area (Å²) < 4.78 is 5.47. The fourth-order valence-corrected chi connectivity index (χ4v) is 2.49. The van der Waals surface area contributed by atoms with E-state index in [1.165, 1.54) is 19.1 Å². The summed E-state index contributed by atoms with van der Waals surface area (Å²) in [6, 6.07) is 0. The maximum atomic E-state index is 11.9. The second kappa shape index (κ2) is 8.04. The Balaban J connectivity index is 1.77. The molecule has 0 aliphatic carbocycles. The number of oxazole rings is 1. The van der Waals surface area contributed by atoms with Gasteiger partial charge in [-0.05, 0) is 32.4 Å². The number of nitrogens with zero attached hydrogens (tertiary/aromatic N) is 1. The van der Waals surface area contributed by atoms with Gasteiger partial charge in [0.15, 0.2) is 11.6 Å². The number of amides is 1. The van der Waals surface area contributed by atoms with Crippen molar-refractivity contribution in [3.63, 3.8) is 0 Å². The van der Waals surface area contributed by atoms with Crippen LogP contribution in [0.25, 0.3) is 0 Å². The first-order chi connectivity index (χ1) is 9.81. The van der Waals surface area contributed by atoms with Gasteiger partial charge in [-0.25, -0.2) is 4.98 Å². The number of rotatable bonds is 7. The van der Waals surface area contributed by atoms with Gasteiger partial charge in [-0.15, -0.1) is 0 Å². The summed E-state index contributed by atoms with van der Waals surface area (Å²) in [4.78, 5) is 16.3. The zero-order valence-corrected chi connectivity index (χ0v) is 12.3. The first-order valence-electron chi connectivity index (χ1n) is 7.75. The first-order valence-corrected chi connectivity index (χ1v) is 7.75. The zero-order chi connectivity index (χ0) is 14.2. The second-order valence-electron chi connectivity index (χ2n) is 5.41. The summed E-state index contributed by atoms with van der Waals surface area (Å²) >= 11 is 0. The van der Waals surface area contributed by atoms with Gasteiger partial charge in [0.25, 0.3) is 5.91 Å². The Bertz CT molecular complexity index is 411. The number of carbonyl (C=O) groups excluding carboxylic acids is 1. The maximum Gasteiger partial charge on any atom is 0.273 e. The highest BCUT2D eigenvalue weighted by molar-refractivity contribution is 5.91. The van der Waals surface area contributed by atoms with E-state index in [1.807, 2.05) is 0 Å². The molecule has 5 heteroatoms. The van der Waals surface area contributed by atoms with Gasteiger partial charge in [0.1, 0.15) is 6.26 Å². The van der Waals surface area contributed by atoms with Gasteiger partial charge in [0.05, 0.1) is 0 Å². The summed E-state index contributed by atoms with van der Waals surface area (Å²) in [6.07, 6.45) is 8.15. The molecule has 20 heavy (non-hydrogen) atoms. The quantitative estimate of drug-likeness (QED) is 0.752. The van der Waals surface area contributed by atoms with Crippen molar-refractivity contribution in [2.45, 2.75) is 51.4 Å². The van der Waals surface area contributed by atoms with E-state index in [-0.39, 0.29) is 5.91 Å². The van der Waals surface area contributed by atoms with Crippen LogP contribution in [0.2, 0.25) is 0 Å². The summed E-state index contributed by atoms with van der Waals surface area (Å²) in [5, 5.41) is 6.21. The topological polar surface area (TPSA) is 67.2 Å². The van der Waals surface area contributed by atoms with E-state index in [9.17, 15) is 4.79 Å². The molecule has 1 aliphatic heterocycles. The van der Waals surface area contributed by atoms with Crippen LogP contribution in [0.3, 0.4) is 0 Å². The average molecular weight is 279 g/mol. The number of aromatic nitrogens is 1. The predicted octanol–water partition coefficient (Wildman–Crippen LogP) is 2.45. The molecule has 0 saturated carbocycles. The highest BCUT2D eigenvalue weighted by Crippen LogP contribution is 2.24. The molecule has 0 radical (unpaired) electrons. The monoisotopic (exact) mass is 279 g/mol. The summed E-state index contributed by atoms with van der Waals surface area (Å²) in [6.45, 7) is 4.88. The van der Waals surface area contributed by atoms with Gasteiger partial charge in [0, 0.05) is 12.5 Å². The minimum Gasteiger partial charge on any atom is -0.448 e. The lowest BCUT2D eigenvalue weighted by Gasteiger charge is -2.19. The molecular formula is C15H25N3O2. The minimum atomic E-state index is -0.120. The normalized spacial score (nSPS) is 16.2. The molecule has 1 aliphatic rings. The van der Waals surface area contributed by atoms with Gasteiger partial charge in [0.2, 0.25) is 0 Å². The van der Waals surface area contributed by atoms with Crippen molar-refractivity contribution in [3.8, 4) is 0 Å². The molecule has 1 amide bonds. The van der Waals surface area contributed by atoms with Crippen molar-refractivity contribution in [1.29, 1.82) is 0 Å². The van der Waals surface area contributed by atoms with Crippen molar-refractivity contribution in [2.24, 2.45) is 0 Å². The Hall–Kier alpha value is -1.36. The lowest BCUT2D eigenvalue weighted by atomic mass is 9.98. The molecule has 5 nitrogen and oxygen atoms in total. The Morgan fingerprint density at radius 2 is 2.20 bits per heavy atom. The van der Waals surface area contributed by atoms with Crippen LogP contribution >= 0.6 is 0 Å². The van der Waals surface area contributed by atoms with E-state index in [1.54, 1.807) is 0 Å². The van der Waals surface area contributed by atoms with E-state index >= 15 is 0 Å². The van der Waals surface area contributed by atoms with Crippen LogP contribution < -0.4 is 10.6 Å². The summed E-state index contributed by atoms with van der Waals surface area (Å²) in [7, 11) is 0. The van der Waals surface area contributed by atoms with Crippen LogP contribution in [-0.2, 0) is 0 Å². The molecule has 0 spiro atoms. The van der Waals surface area contributed by atoms with Crippen molar-refractivity contribution in [3.05, 3.63) is 17.8 Å². The number of unbranched alkanes of at least 4 members (excludes halogenated alkanes) is 3. The molecule has 0 unspecified atom stereocenters. The molecule has 1 aromatic heterocycles. The highest BCUT2D eigenvalue weighted by atomic mass is 16.3. The van der Waals surface area contributed by atoms with E-state index < -0.39 is 0 Å². The Morgan fingerprint density at radius 1 is 1.40 bits per heavy atom. The van der Waals surface area contributed by atoms with Crippen molar-refractivity contribution < 1.29 is 9.21 Å². The van der Waals surface area contributed by atoms with Crippen LogP contribution in [0, 0.1) is 0 Å². The first kappa shape index (κ1) is 15.0. The molecule has 2 heterocycles. The highest BCUT2D eigenvalue weighted by Gasteiger charge is 2.21. The third-order valence-electron chi connectivity index (χ3n) is 3.76. The van der Waals surface area contributed by atoms with E-state index in [2.05, 4.69) is 22.5 Å². The summed E-state index contributed by atoms with van der Waals surface area (Å²) in [5.74, 6) is 0.940. The molecule has 2 rings (SSSR count). The zero-order valence-electron chi connectivity index (χ0n) is 12.3. The predicted molar refractivity (Wildman–Crippen MR) is 77.8 cm³/mol. The molecule has 2 N–H and O–H groups in total. The van der Waals surface area contributed by atoms with Crippen LogP contribution in [0.15, 0.2) is 10.7 Å². The number of carbonyl (C=O) groups is 1. The second-order valence-corrected chi connectivity index (χ2v) is 5.41. The van der Waals surface area contributed by atoms with Gasteiger partial charge in [-0.3, -0.25) is 4.79 Å². The Labute approximate surface area is 120 Å². The number of nitrogens with one attached hydrogen (secondary N) is 2. The Kier molecular flexibility index (Phi) is 6.05. The van der Waals surface area contributed by atoms with Gasteiger partial charge in [-0.1, -0.05) is 26.2 Å². The number of hydrogen-bond donors (Lipinski definition) is 2. The van der Waals surface area contributed by atoms with Crippen LogP contribution in [0.1, 0.15) is 67.7 Å². The van der Waals surface area contributed by atoms with Crippen molar-refractivity contribution in [2.75, 3.05) is 19.6 Å². The van der Waals surface area contributed by atoms with Crippen molar-refractivity contribution in [1.82, 2.24) is 15.6 Å². The molecule has 0 aromatic carbocycles. The molecule has 0 atom stereocenters. The van der Waals surface area contributed by atoms with E-state index in [0.717, 1.165) is 38.8 Å². The lowest BCUT2D eigenvalue weighted by molar-refractivity contribution is 0.0948. The standard InChI is InChI=1S/C15H25N3O2/c1-2-3-4-5-8-17-14(19)13-11-20-15(18-13)12-6-9-16-10-7-12/h11-12,16H,2-10H2,1H3,(H,17,19). The molecule has 112 valence electrons. The van der Waals surface area contributed by atoms with Crippen LogP contribution in [-0.4, -0.2) is 30.5 Å². The maximum absolute atomic E-state index is 11.9. The fraction of sp³-hybridized carbons (Fsp3) is 0.733. The fourth-order valence-electron chi connectivity index (χ4n) is 2.49. The number of hydrogen-bond acceptors (Lipinski definition) is 4. The third-order valence-corrected chi connectivity index (χ3v) is 3.76. The third kappa shape index (κ3) is 4.34. The lowest BCUT2D eigenvalue weighted by Crippen LogP contribution is -2.27. The van der Waals surface area contributed by atoms with Crippen LogP contribution in [0.5, 0.6) is 0 Å². The molecule has 0 bridgehead atoms. The molecule has 1 saturated heterocycles. The smallest absolute Gasteiger partial charge is 0.273 e. The summed E-state index contributed by atoms with van der Waals surface area (Å²) in [5.41, 5.74) is 0.411. The minimum absolute atomic E-state index is 0.120. The molecular weight excluding hydrogens is 254 g/mol. The van der Waals surface area contributed by atoms with Gasteiger partial charge < -0.3 is 15.1 Å².